The van der Waals surface area contributed by atoms with Gasteiger partial charge in [0.25, 0.3) is 0 Å². The fourth-order valence-electron chi connectivity index (χ4n) is 9.36. The van der Waals surface area contributed by atoms with Gasteiger partial charge in [0.15, 0.2) is 0 Å². The topological polar surface area (TPSA) is 14.8 Å². The van der Waals surface area contributed by atoms with Gasteiger partial charge in [-0.25, -0.2) is 0 Å². The van der Waals surface area contributed by atoms with Gasteiger partial charge < -0.3 is 13.7 Å². The Morgan fingerprint density at radius 3 is 1.21 bits per heavy atom. The molecule has 0 spiro atoms. The van der Waals surface area contributed by atoms with Crippen molar-refractivity contribution in [1.29, 1.82) is 0 Å². The van der Waals surface area contributed by atoms with Crippen molar-refractivity contribution in [3.8, 4) is 39.3 Å². The molecule has 266 valence electrons. The van der Waals surface area contributed by atoms with E-state index in [0.717, 1.165) is 17.1 Å². The second-order valence-corrected chi connectivity index (χ2v) is 14.9. The van der Waals surface area contributed by atoms with Crippen LogP contribution in [0.25, 0.3) is 105 Å². The van der Waals surface area contributed by atoms with Crippen molar-refractivity contribution in [2.75, 3.05) is 0 Å². The maximum Gasteiger partial charge on any atom is 0.0548 e. The van der Waals surface area contributed by atoms with Crippen molar-refractivity contribution >= 4 is 65.4 Å². The van der Waals surface area contributed by atoms with Gasteiger partial charge in [-0.05, 0) is 101 Å². The van der Waals surface area contributed by atoms with E-state index in [2.05, 4.69) is 226 Å². The van der Waals surface area contributed by atoms with Gasteiger partial charge in [-0.2, -0.15) is 0 Å². The highest BCUT2D eigenvalue weighted by Gasteiger charge is 2.21. The van der Waals surface area contributed by atoms with E-state index in [0.29, 0.717) is 0 Å². The van der Waals surface area contributed by atoms with Crippen LogP contribution in [0.3, 0.4) is 0 Å². The Balaban J connectivity index is 1.15. The average molecular weight is 726 g/mol. The molecule has 12 rings (SSSR count). The summed E-state index contributed by atoms with van der Waals surface area (Å²) in [4.78, 5) is 0. The summed E-state index contributed by atoms with van der Waals surface area (Å²) < 4.78 is 7.30. The molecule has 57 heavy (non-hydrogen) atoms. The van der Waals surface area contributed by atoms with Crippen molar-refractivity contribution in [3.63, 3.8) is 0 Å². The van der Waals surface area contributed by atoms with E-state index in [1.165, 1.54) is 87.7 Å². The Labute approximate surface area is 329 Å². The molecule has 0 saturated carbocycles. The molecule has 0 aliphatic carbocycles. The number of benzene rings is 9. The SMILES string of the molecule is c1ccc(-c2cc(-c3ccc4c5ccccc5n(-c5ccccc5)c4c3)cc(-n3c4ccccc4c4c5c6ccccc6n(-c6ccccc6)c5ccc43)c2)cc1. The smallest absolute Gasteiger partial charge is 0.0548 e. The molecule has 0 saturated heterocycles. The second kappa shape index (κ2) is 12.5. The first-order valence-corrected chi connectivity index (χ1v) is 19.6. The summed E-state index contributed by atoms with van der Waals surface area (Å²) in [5, 5.41) is 7.56. The van der Waals surface area contributed by atoms with E-state index in [1.54, 1.807) is 0 Å². The van der Waals surface area contributed by atoms with Crippen molar-refractivity contribution in [2.24, 2.45) is 0 Å². The van der Waals surface area contributed by atoms with Gasteiger partial charge in [0, 0.05) is 49.4 Å². The van der Waals surface area contributed by atoms with Crippen LogP contribution in [0.2, 0.25) is 0 Å². The van der Waals surface area contributed by atoms with Crippen LogP contribution < -0.4 is 0 Å². The highest BCUT2D eigenvalue weighted by molar-refractivity contribution is 6.29. The predicted octanol–water partition coefficient (Wildman–Crippen LogP) is 14.3. The first-order valence-electron chi connectivity index (χ1n) is 19.6. The van der Waals surface area contributed by atoms with Crippen LogP contribution in [0.4, 0.5) is 0 Å². The highest BCUT2D eigenvalue weighted by atomic mass is 15.0. The van der Waals surface area contributed by atoms with Gasteiger partial charge in [-0.3, -0.25) is 0 Å². The van der Waals surface area contributed by atoms with Crippen LogP contribution in [-0.2, 0) is 0 Å². The van der Waals surface area contributed by atoms with E-state index in [-0.39, 0.29) is 0 Å². The minimum atomic E-state index is 1.13. The molecular weight excluding hydrogens is 691 g/mol. The molecule has 0 radical (unpaired) electrons. The quantitative estimate of drug-likeness (QED) is 0.168. The lowest BCUT2D eigenvalue weighted by Gasteiger charge is -2.15. The van der Waals surface area contributed by atoms with Crippen molar-refractivity contribution in [2.45, 2.75) is 0 Å². The summed E-state index contributed by atoms with van der Waals surface area (Å²) >= 11 is 0. The van der Waals surface area contributed by atoms with Crippen LogP contribution in [0.5, 0.6) is 0 Å². The number of nitrogens with zero attached hydrogens (tertiary/aromatic N) is 3. The molecule has 0 atom stereocenters. The molecule has 0 fully saturated rings. The third-order valence-corrected chi connectivity index (χ3v) is 11.8. The summed E-state index contributed by atoms with van der Waals surface area (Å²) in [6.45, 7) is 0. The standard InChI is InChI=1S/C54H35N3/c1-4-16-36(17-5-1)38-32-39(37-28-29-44-43-22-10-13-25-47(43)56(52(44)35-37)41-20-8-3-9-21-41)34-42(33-38)57-49-27-15-12-24-46(49)54-51(57)31-30-50-53(54)45-23-11-14-26-48(45)55(50)40-18-6-2-7-19-40/h1-35H. The number of para-hydroxylation sites is 5. The highest BCUT2D eigenvalue weighted by Crippen LogP contribution is 2.44. The zero-order valence-corrected chi connectivity index (χ0v) is 31.0. The van der Waals surface area contributed by atoms with Gasteiger partial charge in [0.1, 0.15) is 0 Å². The molecule has 3 heterocycles. The van der Waals surface area contributed by atoms with E-state index >= 15 is 0 Å². The van der Waals surface area contributed by atoms with Gasteiger partial charge >= 0.3 is 0 Å². The molecule has 3 heteroatoms. The average Bonchev–Trinajstić information content (AvgIpc) is 3.92. The first kappa shape index (κ1) is 31.7. The normalized spacial score (nSPS) is 11.9. The van der Waals surface area contributed by atoms with Crippen molar-refractivity contribution < 1.29 is 0 Å². The fraction of sp³-hybridized carbons (Fsp3) is 0. The van der Waals surface area contributed by atoms with Crippen molar-refractivity contribution in [1.82, 2.24) is 13.7 Å². The molecule has 0 unspecified atom stereocenters. The Kier molecular flexibility index (Phi) is 6.93. The Bertz CT molecular complexity index is 3500. The van der Waals surface area contributed by atoms with Gasteiger partial charge in [-0.15, -0.1) is 0 Å². The van der Waals surface area contributed by atoms with Crippen LogP contribution in [-0.4, -0.2) is 13.7 Å². The van der Waals surface area contributed by atoms with E-state index < -0.39 is 0 Å². The van der Waals surface area contributed by atoms with E-state index in [4.69, 9.17) is 0 Å². The van der Waals surface area contributed by atoms with Gasteiger partial charge in [0.05, 0.1) is 33.1 Å². The van der Waals surface area contributed by atoms with Crippen LogP contribution >= 0.6 is 0 Å². The molecule has 0 aliphatic rings. The number of aromatic nitrogens is 3. The molecule has 12 aromatic rings. The first-order chi connectivity index (χ1) is 28.3. The molecule has 0 bridgehead atoms. The van der Waals surface area contributed by atoms with Gasteiger partial charge in [-0.1, -0.05) is 133 Å². The minimum Gasteiger partial charge on any atom is -0.309 e. The lowest BCUT2D eigenvalue weighted by Crippen LogP contribution is -1.97. The zero-order chi connectivity index (χ0) is 37.5. The van der Waals surface area contributed by atoms with Gasteiger partial charge in [0.2, 0.25) is 0 Å². The predicted molar refractivity (Wildman–Crippen MR) is 240 cm³/mol. The third-order valence-electron chi connectivity index (χ3n) is 11.8. The third kappa shape index (κ3) is 4.79. The summed E-state index contributed by atoms with van der Waals surface area (Å²) in [6, 6.07) is 77.5. The number of fused-ring (bicyclic) bond motifs is 10. The summed E-state index contributed by atoms with van der Waals surface area (Å²) in [6.07, 6.45) is 0. The number of hydrogen-bond donors (Lipinski definition) is 0. The molecule has 3 nitrogen and oxygen atoms in total. The van der Waals surface area contributed by atoms with E-state index in [9.17, 15) is 0 Å². The summed E-state index contributed by atoms with van der Waals surface area (Å²) in [5.74, 6) is 0. The van der Waals surface area contributed by atoms with E-state index in [1.807, 2.05) is 0 Å². The molecular formula is C54H35N3. The minimum absolute atomic E-state index is 1.13. The lowest BCUT2D eigenvalue weighted by atomic mass is 9.97. The van der Waals surface area contributed by atoms with Crippen LogP contribution in [0.1, 0.15) is 0 Å². The largest absolute Gasteiger partial charge is 0.309 e. The van der Waals surface area contributed by atoms with Crippen LogP contribution in [0.15, 0.2) is 212 Å². The Morgan fingerprint density at radius 1 is 0.211 bits per heavy atom. The number of hydrogen-bond acceptors (Lipinski definition) is 0. The molecule has 9 aromatic carbocycles. The lowest BCUT2D eigenvalue weighted by molar-refractivity contribution is 1.17. The Hall–Kier alpha value is -7.62. The molecule has 3 aromatic heterocycles. The second-order valence-electron chi connectivity index (χ2n) is 14.9. The maximum atomic E-state index is 2.48. The Morgan fingerprint density at radius 2 is 0.632 bits per heavy atom. The summed E-state index contributed by atoms with van der Waals surface area (Å²) in [5.41, 5.74) is 15.4. The van der Waals surface area contributed by atoms with Crippen molar-refractivity contribution in [3.05, 3.63) is 212 Å². The summed E-state index contributed by atoms with van der Waals surface area (Å²) in [7, 11) is 0. The molecule has 0 N–H and O–H groups in total. The zero-order valence-electron chi connectivity index (χ0n) is 31.0. The molecule has 0 aliphatic heterocycles. The number of rotatable bonds is 5. The fourth-order valence-corrected chi connectivity index (χ4v) is 9.36. The molecule has 0 amide bonds. The monoisotopic (exact) mass is 725 g/mol. The van der Waals surface area contributed by atoms with Crippen LogP contribution in [0, 0.1) is 0 Å². The maximum absolute atomic E-state index is 2.48.